The maximum Gasteiger partial charge on any atom is 0.228 e. The fourth-order valence-corrected chi connectivity index (χ4v) is 4.08. The third-order valence-electron chi connectivity index (χ3n) is 6.13. The molecule has 33 heavy (non-hydrogen) atoms. The van der Waals surface area contributed by atoms with E-state index < -0.39 is 0 Å². The highest BCUT2D eigenvalue weighted by atomic mass is 16.5. The number of hydrogen-bond donors (Lipinski definition) is 1. The number of Topliss-reactive ketones (excluding diaryl/α,β-unsaturated/α-hetero) is 1. The van der Waals surface area contributed by atoms with E-state index in [1.807, 2.05) is 73.7 Å². The number of aromatic nitrogens is 1. The molecule has 1 aromatic heterocycles. The number of rotatable bonds is 8. The first-order valence-electron chi connectivity index (χ1n) is 11.4. The molecule has 6 heteroatoms. The summed E-state index contributed by atoms with van der Waals surface area (Å²) in [4.78, 5) is 31.9. The average Bonchev–Trinajstić information content (AvgIpc) is 2.88. The normalized spacial score (nSPS) is 15.5. The van der Waals surface area contributed by atoms with Crippen LogP contribution < -0.4 is 10.1 Å². The van der Waals surface area contributed by atoms with Crippen molar-refractivity contribution in [2.45, 2.75) is 32.4 Å². The lowest BCUT2D eigenvalue weighted by Crippen LogP contribution is -2.45. The van der Waals surface area contributed by atoms with E-state index in [0.717, 1.165) is 24.2 Å². The molecule has 1 fully saturated rings. The zero-order valence-corrected chi connectivity index (χ0v) is 18.8. The van der Waals surface area contributed by atoms with E-state index >= 15 is 0 Å². The minimum atomic E-state index is -0.235. The molecule has 0 saturated carbocycles. The first-order valence-corrected chi connectivity index (χ1v) is 11.4. The Morgan fingerprint density at radius 1 is 1.00 bits per heavy atom. The number of ether oxygens (including phenoxy) is 1. The standard InChI is InChI=1S/C27H29N3O3/c1-20(30-17-14-23(15-18-30)27(32)29-25-9-5-6-16-28-25)26(31)22-10-12-24(13-11-22)33-19-21-7-3-2-4-8-21/h2-13,16,20,23H,14-15,17-19H2,1H3,(H,28,29,32). The quantitative estimate of drug-likeness (QED) is 0.516. The van der Waals surface area contributed by atoms with Gasteiger partial charge in [0.2, 0.25) is 5.91 Å². The molecule has 170 valence electrons. The van der Waals surface area contributed by atoms with Gasteiger partial charge >= 0.3 is 0 Å². The third kappa shape index (κ3) is 6.05. The summed E-state index contributed by atoms with van der Waals surface area (Å²) in [5.41, 5.74) is 1.77. The van der Waals surface area contributed by atoms with E-state index in [4.69, 9.17) is 4.74 Å². The number of ketones is 1. The molecule has 1 aliphatic rings. The van der Waals surface area contributed by atoms with Gasteiger partial charge in [-0.1, -0.05) is 36.4 Å². The Labute approximate surface area is 194 Å². The van der Waals surface area contributed by atoms with Crippen LogP contribution in [0.2, 0.25) is 0 Å². The van der Waals surface area contributed by atoms with E-state index in [1.54, 1.807) is 12.3 Å². The predicted octanol–water partition coefficient (Wildman–Crippen LogP) is 4.58. The summed E-state index contributed by atoms with van der Waals surface area (Å²) in [6, 6.07) is 22.5. The zero-order chi connectivity index (χ0) is 23.0. The molecule has 2 heterocycles. The van der Waals surface area contributed by atoms with Gasteiger partial charge in [-0.15, -0.1) is 0 Å². The molecule has 1 unspecified atom stereocenters. The molecule has 6 nitrogen and oxygen atoms in total. The molecule has 1 aliphatic heterocycles. The number of piperidine rings is 1. The van der Waals surface area contributed by atoms with E-state index in [-0.39, 0.29) is 23.7 Å². The average molecular weight is 444 g/mol. The SMILES string of the molecule is CC(C(=O)c1ccc(OCc2ccccc2)cc1)N1CCC(C(=O)Nc2ccccn2)CC1. The highest BCUT2D eigenvalue weighted by Crippen LogP contribution is 2.23. The maximum atomic E-state index is 13.0. The zero-order valence-electron chi connectivity index (χ0n) is 18.8. The number of nitrogens with one attached hydrogen (secondary N) is 1. The van der Waals surface area contributed by atoms with Crippen molar-refractivity contribution in [3.05, 3.63) is 90.1 Å². The molecule has 4 rings (SSSR count). The monoisotopic (exact) mass is 443 g/mol. The van der Waals surface area contributed by atoms with Crippen molar-refractivity contribution in [1.29, 1.82) is 0 Å². The number of hydrogen-bond acceptors (Lipinski definition) is 5. The number of nitrogens with zero attached hydrogens (tertiary/aromatic N) is 2. The molecule has 1 amide bonds. The lowest BCUT2D eigenvalue weighted by atomic mass is 9.93. The Kier molecular flexibility index (Phi) is 7.47. The topological polar surface area (TPSA) is 71.5 Å². The number of anilines is 1. The molecule has 0 radical (unpaired) electrons. The number of likely N-dealkylation sites (tertiary alicyclic amines) is 1. The van der Waals surface area contributed by atoms with Crippen molar-refractivity contribution in [3.63, 3.8) is 0 Å². The molecule has 1 saturated heterocycles. The largest absolute Gasteiger partial charge is 0.489 e. The summed E-state index contributed by atoms with van der Waals surface area (Å²) in [6.45, 7) is 3.86. The Morgan fingerprint density at radius 3 is 2.36 bits per heavy atom. The third-order valence-corrected chi connectivity index (χ3v) is 6.13. The summed E-state index contributed by atoms with van der Waals surface area (Å²) in [6.07, 6.45) is 3.11. The van der Waals surface area contributed by atoms with Crippen LogP contribution in [-0.2, 0) is 11.4 Å². The van der Waals surface area contributed by atoms with Crippen LogP contribution in [0, 0.1) is 5.92 Å². The van der Waals surface area contributed by atoms with Crippen LogP contribution in [0.25, 0.3) is 0 Å². The van der Waals surface area contributed by atoms with Gasteiger partial charge in [-0.25, -0.2) is 4.98 Å². The van der Waals surface area contributed by atoms with Crippen LogP contribution in [0.1, 0.15) is 35.7 Å². The first kappa shape index (κ1) is 22.7. The number of pyridine rings is 1. The molecule has 1 N–H and O–H groups in total. The number of benzene rings is 2. The van der Waals surface area contributed by atoms with Crippen molar-refractivity contribution in [2.75, 3.05) is 18.4 Å². The van der Waals surface area contributed by atoms with Gasteiger partial charge in [0.25, 0.3) is 0 Å². The van der Waals surface area contributed by atoms with E-state index in [2.05, 4.69) is 15.2 Å². The summed E-state index contributed by atoms with van der Waals surface area (Å²) in [5, 5.41) is 2.88. The van der Waals surface area contributed by atoms with Crippen molar-refractivity contribution in [2.24, 2.45) is 5.92 Å². The number of carbonyl (C=O) groups excluding carboxylic acids is 2. The fourth-order valence-electron chi connectivity index (χ4n) is 4.08. The van der Waals surface area contributed by atoms with Crippen LogP contribution in [0.3, 0.4) is 0 Å². The predicted molar refractivity (Wildman–Crippen MR) is 128 cm³/mol. The van der Waals surface area contributed by atoms with Crippen LogP contribution in [0.15, 0.2) is 79.0 Å². The minimum Gasteiger partial charge on any atom is -0.489 e. The second-order valence-corrected chi connectivity index (χ2v) is 8.35. The summed E-state index contributed by atoms with van der Waals surface area (Å²) in [7, 11) is 0. The van der Waals surface area contributed by atoms with Crippen molar-refractivity contribution >= 4 is 17.5 Å². The first-order chi connectivity index (χ1) is 16.1. The van der Waals surface area contributed by atoms with Gasteiger partial charge < -0.3 is 10.1 Å². The van der Waals surface area contributed by atoms with Gasteiger partial charge in [0, 0.05) is 17.7 Å². The van der Waals surface area contributed by atoms with Crippen LogP contribution in [-0.4, -0.2) is 40.7 Å². The molecule has 0 spiro atoms. The van der Waals surface area contributed by atoms with Crippen molar-refractivity contribution in [1.82, 2.24) is 9.88 Å². The molecular formula is C27H29N3O3. The minimum absolute atomic E-state index is 0.00146. The van der Waals surface area contributed by atoms with Crippen molar-refractivity contribution in [3.8, 4) is 5.75 Å². The second kappa shape index (κ2) is 10.9. The Hall–Kier alpha value is -3.51. The van der Waals surface area contributed by atoms with E-state index in [1.165, 1.54) is 0 Å². The van der Waals surface area contributed by atoms with E-state index in [9.17, 15) is 9.59 Å². The smallest absolute Gasteiger partial charge is 0.228 e. The summed E-state index contributed by atoms with van der Waals surface area (Å²) >= 11 is 0. The van der Waals surface area contributed by atoms with Gasteiger partial charge in [0.1, 0.15) is 18.2 Å². The van der Waals surface area contributed by atoms with Gasteiger partial charge in [0.05, 0.1) is 6.04 Å². The van der Waals surface area contributed by atoms with Crippen LogP contribution >= 0.6 is 0 Å². The highest BCUT2D eigenvalue weighted by Gasteiger charge is 2.30. The van der Waals surface area contributed by atoms with Crippen LogP contribution in [0.5, 0.6) is 5.75 Å². The molecule has 3 aromatic rings. The lowest BCUT2D eigenvalue weighted by molar-refractivity contribution is -0.121. The molecule has 1 atom stereocenters. The van der Waals surface area contributed by atoms with Crippen molar-refractivity contribution < 1.29 is 14.3 Å². The fraction of sp³-hybridized carbons (Fsp3) is 0.296. The van der Waals surface area contributed by atoms with E-state index in [0.29, 0.717) is 31.1 Å². The molecular weight excluding hydrogens is 414 g/mol. The molecule has 0 aliphatic carbocycles. The highest BCUT2D eigenvalue weighted by molar-refractivity contribution is 6.00. The molecule has 2 aromatic carbocycles. The summed E-state index contributed by atoms with van der Waals surface area (Å²) < 4.78 is 5.82. The second-order valence-electron chi connectivity index (χ2n) is 8.35. The van der Waals surface area contributed by atoms with Gasteiger partial charge in [-0.3, -0.25) is 14.5 Å². The maximum absolute atomic E-state index is 13.0. The Bertz CT molecular complexity index is 1050. The lowest BCUT2D eigenvalue weighted by Gasteiger charge is -2.34. The van der Waals surface area contributed by atoms with Gasteiger partial charge in [0.15, 0.2) is 5.78 Å². The number of carbonyl (C=O) groups is 2. The van der Waals surface area contributed by atoms with Gasteiger partial charge in [-0.05, 0) is 74.8 Å². The Morgan fingerprint density at radius 2 is 1.70 bits per heavy atom. The Balaban J connectivity index is 1.26. The molecule has 0 bridgehead atoms. The summed E-state index contributed by atoms with van der Waals surface area (Å²) in [5.74, 6) is 1.33. The number of amides is 1. The van der Waals surface area contributed by atoms with Gasteiger partial charge in [-0.2, -0.15) is 0 Å². The van der Waals surface area contributed by atoms with Crippen LogP contribution in [0.4, 0.5) is 5.82 Å².